The molecule has 0 bridgehead atoms. The van der Waals surface area contributed by atoms with Gasteiger partial charge < -0.3 is 5.73 Å². The van der Waals surface area contributed by atoms with E-state index in [0.29, 0.717) is 23.8 Å². The zero-order valence-electron chi connectivity index (χ0n) is 9.18. The Morgan fingerprint density at radius 3 is 2.81 bits per heavy atom. The van der Waals surface area contributed by atoms with Crippen LogP contribution in [0.3, 0.4) is 0 Å². The monoisotopic (exact) mass is 237 g/mol. The van der Waals surface area contributed by atoms with Crippen molar-refractivity contribution in [1.82, 2.24) is 0 Å². The van der Waals surface area contributed by atoms with E-state index in [4.69, 9.17) is 5.73 Å². The first-order valence-electron chi connectivity index (χ1n) is 5.03. The smallest absolute Gasteiger partial charge is 0.180 e. The summed E-state index contributed by atoms with van der Waals surface area (Å²) in [6, 6.07) is 6.22. The van der Waals surface area contributed by atoms with Crippen LogP contribution in [-0.4, -0.2) is 30.1 Å². The molecule has 1 unspecified atom stereocenters. The number of nitrogens with two attached hydrogens (primary N) is 1. The van der Waals surface area contributed by atoms with Crippen molar-refractivity contribution in [3.8, 4) is 0 Å². The van der Waals surface area contributed by atoms with Gasteiger partial charge in [0.25, 0.3) is 0 Å². The van der Waals surface area contributed by atoms with Crippen molar-refractivity contribution in [1.29, 1.82) is 0 Å². The highest BCUT2D eigenvalue weighted by atomic mass is 32.2. The molecule has 0 aliphatic rings. The summed E-state index contributed by atoms with van der Waals surface area (Å²) in [6.45, 7) is 0. The number of hydrogen-bond donors (Lipinski definition) is 1. The van der Waals surface area contributed by atoms with Crippen molar-refractivity contribution in [2.45, 2.75) is 12.5 Å². The lowest BCUT2D eigenvalue weighted by molar-refractivity contribution is 0.0954. The van der Waals surface area contributed by atoms with Gasteiger partial charge in [0.15, 0.2) is 12.1 Å². The van der Waals surface area contributed by atoms with Crippen LogP contribution in [0.2, 0.25) is 0 Å². The molecule has 0 heterocycles. The predicted octanol–water partition coefficient (Wildman–Crippen LogP) is 1.76. The first-order chi connectivity index (χ1) is 7.70. The van der Waals surface area contributed by atoms with Crippen LogP contribution in [0.25, 0.3) is 0 Å². The lowest BCUT2D eigenvalue weighted by atomic mass is 9.98. The van der Waals surface area contributed by atoms with Gasteiger partial charge in [-0.25, -0.2) is 0 Å². The highest BCUT2D eigenvalue weighted by molar-refractivity contribution is 7.98. The molecule has 0 radical (unpaired) electrons. The number of ketones is 1. The summed E-state index contributed by atoms with van der Waals surface area (Å²) in [6.07, 6.45) is 3.29. The minimum atomic E-state index is -0.520. The molecule has 2 N–H and O–H groups in total. The Morgan fingerprint density at radius 1 is 1.50 bits per heavy atom. The van der Waals surface area contributed by atoms with Crippen LogP contribution in [0, 0.1) is 0 Å². The van der Waals surface area contributed by atoms with E-state index in [1.807, 2.05) is 6.26 Å². The van der Waals surface area contributed by atoms with Crippen molar-refractivity contribution in [2.75, 3.05) is 12.0 Å². The second kappa shape index (κ2) is 6.45. The standard InChI is InChI=1S/C12H15NO2S/c1-16-7-6-11(13)12(15)10-5-3-2-4-9(10)8-14/h2-5,8,11H,6-7,13H2,1H3. The van der Waals surface area contributed by atoms with Crippen molar-refractivity contribution in [2.24, 2.45) is 5.73 Å². The molecule has 0 saturated carbocycles. The largest absolute Gasteiger partial charge is 0.321 e. The Bertz CT molecular complexity index is 379. The number of benzene rings is 1. The van der Waals surface area contributed by atoms with Crippen LogP contribution < -0.4 is 5.73 Å². The van der Waals surface area contributed by atoms with Crippen molar-refractivity contribution in [3.05, 3.63) is 35.4 Å². The SMILES string of the molecule is CSCCC(N)C(=O)c1ccccc1C=O. The Hall–Kier alpha value is -1.13. The third-order valence-electron chi connectivity index (χ3n) is 2.32. The van der Waals surface area contributed by atoms with Gasteiger partial charge in [0.2, 0.25) is 0 Å². The molecule has 0 saturated heterocycles. The zero-order valence-corrected chi connectivity index (χ0v) is 10.00. The summed E-state index contributed by atoms with van der Waals surface area (Å²) in [7, 11) is 0. The molecule has 0 aromatic heterocycles. The van der Waals surface area contributed by atoms with E-state index in [2.05, 4.69) is 0 Å². The van der Waals surface area contributed by atoms with Crippen molar-refractivity contribution >= 4 is 23.8 Å². The summed E-state index contributed by atoms with van der Waals surface area (Å²) < 4.78 is 0. The predicted molar refractivity (Wildman–Crippen MR) is 67.1 cm³/mol. The molecule has 4 heteroatoms. The molecule has 0 spiro atoms. The fourth-order valence-electron chi connectivity index (χ4n) is 1.40. The Labute approximate surface area is 99.4 Å². The highest BCUT2D eigenvalue weighted by Crippen LogP contribution is 2.11. The van der Waals surface area contributed by atoms with E-state index in [1.165, 1.54) is 0 Å². The van der Waals surface area contributed by atoms with Gasteiger partial charge in [0.1, 0.15) is 0 Å². The number of aldehydes is 1. The molecule has 0 aliphatic carbocycles. The number of carbonyl (C=O) groups is 2. The third-order valence-corrected chi connectivity index (χ3v) is 2.97. The van der Waals surface area contributed by atoms with Crippen molar-refractivity contribution < 1.29 is 9.59 Å². The van der Waals surface area contributed by atoms with Gasteiger partial charge in [-0.15, -0.1) is 0 Å². The fourth-order valence-corrected chi connectivity index (χ4v) is 1.89. The summed E-state index contributed by atoms with van der Waals surface area (Å²) in [5.74, 6) is 0.688. The first kappa shape index (κ1) is 12.9. The maximum absolute atomic E-state index is 11.9. The van der Waals surface area contributed by atoms with Gasteiger partial charge >= 0.3 is 0 Å². The van der Waals surface area contributed by atoms with Gasteiger partial charge in [0.05, 0.1) is 6.04 Å². The van der Waals surface area contributed by atoms with Crippen LogP contribution in [0.4, 0.5) is 0 Å². The summed E-state index contributed by atoms with van der Waals surface area (Å²) in [5.41, 5.74) is 6.61. The van der Waals surface area contributed by atoms with Gasteiger partial charge in [-0.3, -0.25) is 9.59 Å². The van der Waals surface area contributed by atoms with E-state index in [0.717, 1.165) is 5.75 Å². The van der Waals surface area contributed by atoms with Crippen LogP contribution in [-0.2, 0) is 0 Å². The Kier molecular flexibility index (Phi) is 5.22. The molecular formula is C12H15NO2S. The fraction of sp³-hybridized carbons (Fsp3) is 0.333. The van der Waals surface area contributed by atoms with Gasteiger partial charge in [-0.2, -0.15) is 11.8 Å². The lowest BCUT2D eigenvalue weighted by Gasteiger charge is -2.10. The van der Waals surface area contributed by atoms with Crippen LogP contribution in [0.5, 0.6) is 0 Å². The maximum atomic E-state index is 11.9. The van der Waals surface area contributed by atoms with Gasteiger partial charge in [0, 0.05) is 11.1 Å². The molecule has 1 rings (SSSR count). The number of hydrogen-bond acceptors (Lipinski definition) is 4. The van der Waals surface area contributed by atoms with E-state index in [9.17, 15) is 9.59 Å². The minimum absolute atomic E-state index is 0.156. The molecule has 86 valence electrons. The molecule has 1 aromatic carbocycles. The lowest BCUT2D eigenvalue weighted by Crippen LogP contribution is -2.31. The van der Waals surface area contributed by atoms with Crippen molar-refractivity contribution in [3.63, 3.8) is 0 Å². The summed E-state index contributed by atoms with van der Waals surface area (Å²) in [4.78, 5) is 22.7. The van der Waals surface area contributed by atoms with Crippen LogP contribution in [0.15, 0.2) is 24.3 Å². The molecule has 0 amide bonds. The molecule has 0 aliphatic heterocycles. The van der Waals surface area contributed by atoms with E-state index < -0.39 is 6.04 Å². The second-order valence-corrected chi connectivity index (χ2v) is 4.44. The molecule has 3 nitrogen and oxygen atoms in total. The molecule has 0 fully saturated rings. The zero-order chi connectivity index (χ0) is 12.0. The Balaban J connectivity index is 2.83. The molecule has 1 atom stereocenters. The van der Waals surface area contributed by atoms with Gasteiger partial charge in [-0.05, 0) is 18.4 Å². The molecule has 16 heavy (non-hydrogen) atoms. The summed E-state index contributed by atoms with van der Waals surface area (Å²) in [5, 5.41) is 0. The quantitative estimate of drug-likeness (QED) is 0.605. The summed E-state index contributed by atoms with van der Waals surface area (Å²) >= 11 is 1.65. The third kappa shape index (κ3) is 3.18. The number of carbonyl (C=O) groups excluding carboxylic acids is 2. The topological polar surface area (TPSA) is 60.2 Å². The normalized spacial score (nSPS) is 12.1. The highest BCUT2D eigenvalue weighted by Gasteiger charge is 2.17. The first-order valence-corrected chi connectivity index (χ1v) is 6.43. The average Bonchev–Trinajstić information content (AvgIpc) is 2.34. The van der Waals surface area contributed by atoms with E-state index >= 15 is 0 Å². The van der Waals surface area contributed by atoms with E-state index in [-0.39, 0.29) is 5.78 Å². The second-order valence-electron chi connectivity index (χ2n) is 3.46. The number of rotatable bonds is 6. The van der Waals surface area contributed by atoms with Gasteiger partial charge in [-0.1, -0.05) is 24.3 Å². The van der Waals surface area contributed by atoms with Crippen LogP contribution >= 0.6 is 11.8 Å². The molecular weight excluding hydrogens is 222 g/mol. The number of thioether (sulfide) groups is 1. The molecule has 1 aromatic rings. The van der Waals surface area contributed by atoms with Crippen LogP contribution in [0.1, 0.15) is 27.1 Å². The minimum Gasteiger partial charge on any atom is -0.321 e. The maximum Gasteiger partial charge on any atom is 0.180 e. The Morgan fingerprint density at radius 2 is 2.19 bits per heavy atom. The average molecular weight is 237 g/mol. The number of Topliss-reactive ketones (excluding diaryl/α,β-unsaturated/α-hetero) is 1. The van der Waals surface area contributed by atoms with E-state index in [1.54, 1.807) is 36.0 Å².